The minimum atomic E-state index is 0.468. The van der Waals surface area contributed by atoms with Crippen LogP contribution >= 0.6 is 11.3 Å². The van der Waals surface area contributed by atoms with E-state index in [9.17, 15) is 0 Å². The van der Waals surface area contributed by atoms with Crippen LogP contribution in [0, 0.1) is 12.3 Å². The van der Waals surface area contributed by atoms with E-state index in [1.807, 2.05) is 5.51 Å². The molecule has 0 aromatic carbocycles. The minimum Gasteiger partial charge on any atom is -0.314 e. The predicted octanol–water partition coefficient (Wildman–Crippen LogP) is 3.83. The van der Waals surface area contributed by atoms with Crippen LogP contribution in [0.1, 0.15) is 56.5 Å². The van der Waals surface area contributed by atoms with Crippen molar-refractivity contribution in [3.05, 3.63) is 16.1 Å². The van der Waals surface area contributed by atoms with E-state index in [0.29, 0.717) is 11.5 Å². The highest BCUT2D eigenvalue weighted by Gasteiger charge is 2.33. The second kappa shape index (κ2) is 7.70. The Hall–Kier alpha value is -0.450. The molecule has 0 atom stereocenters. The van der Waals surface area contributed by atoms with Crippen molar-refractivity contribution in [2.75, 3.05) is 20.1 Å². The van der Waals surface area contributed by atoms with Crippen molar-refractivity contribution in [1.82, 2.24) is 15.2 Å². The second-order valence-electron chi connectivity index (χ2n) is 7.13. The molecule has 2 rings (SSSR count). The Labute approximate surface area is 134 Å². The third-order valence-corrected chi connectivity index (χ3v) is 5.58. The molecule has 1 aromatic heterocycles. The van der Waals surface area contributed by atoms with Crippen molar-refractivity contribution in [2.45, 2.75) is 65.5 Å². The number of thiazole rings is 1. The van der Waals surface area contributed by atoms with Gasteiger partial charge in [0, 0.05) is 30.6 Å². The molecule has 0 saturated heterocycles. The van der Waals surface area contributed by atoms with Gasteiger partial charge in [-0.2, -0.15) is 0 Å². The lowest BCUT2D eigenvalue weighted by Gasteiger charge is -2.41. The third-order valence-electron chi connectivity index (χ3n) is 4.66. The van der Waals surface area contributed by atoms with Gasteiger partial charge in [0.1, 0.15) is 0 Å². The SMILES string of the molecule is Cc1ncsc1CN(C)CC1(CNC(C)C)CCCCC1. The number of rotatable bonds is 7. The zero-order chi connectivity index (χ0) is 15.3. The molecular weight excluding hydrogens is 278 g/mol. The van der Waals surface area contributed by atoms with E-state index in [1.165, 1.54) is 49.2 Å². The van der Waals surface area contributed by atoms with Crippen LogP contribution in [0.3, 0.4) is 0 Å². The first-order valence-electron chi connectivity index (χ1n) is 8.32. The molecule has 0 radical (unpaired) electrons. The Bertz CT molecular complexity index is 421. The molecule has 1 fully saturated rings. The number of nitrogens with zero attached hydrogens (tertiary/aromatic N) is 2. The lowest BCUT2D eigenvalue weighted by atomic mass is 9.73. The first-order valence-corrected chi connectivity index (χ1v) is 9.20. The van der Waals surface area contributed by atoms with Crippen molar-refractivity contribution < 1.29 is 0 Å². The average Bonchev–Trinajstić information content (AvgIpc) is 2.83. The van der Waals surface area contributed by atoms with E-state index in [2.05, 4.69) is 43.0 Å². The van der Waals surface area contributed by atoms with Gasteiger partial charge >= 0.3 is 0 Å². The predicted molar refractivity (Wildman–Crippen MR) is 91.8 cm³/mol. The Morgan fingerprint density at radius 3 is 2.62 bits per heavy atom. The zero-order valence-corrected chi connectivity index (χ0v) is 14.9. The average molecular weight is 310 g/mol. The van der Waals surface area contributed by atoms with Crippen molar-refractivity contribution in [3.63, 3.8) is 0 Å². The molecule has 0 amide bonds. The monoisotopic (exact) mass is 309 g/mol. The molecule has 21 heavy (non-hydrogen) atoms. The highest BCUT2D eigenvalue weighted by Crippen LogP contribution is 2.37. The molecule has 1 aliphatic rings. The fourth-order valence-electron chi connectivity index (χ4n) is 3.46. The van der Waals surface area contributed by atoms with Crippen LogP contribution in [0.4, 0.5) is 0 Å². The van der Waals surface area contributed by atoms with Gasteiger partial charge in [0.25, 0.3) is 0 Å². The lowest BCUT2D eigenvalue weighted by molar-refractivity contribution is 0.112. The van der Waals surface area contributed by atoms with Crippen molar-refractivity contribution in [1.29, 1.82) is 0 Å². The van der Waals surface area contributed by atoms with Crippen molar-refractivity contribution >= 4 is 11.3 Å². The second-order valence-corrected chi connectivity index (χ2v) is 8.07. The summed E-state index contributed by atoms with van der Waals surface area (Å²) < 4.78 is 0. The van der Waals surface area contributed by atoms with E-state index in [1.54, 1.807) is 11.3 Å². The summed E-state index contributed by atoms with van der Waals surface area (Å²) in [6, 6.07) is 0.581. The number of hydrogen-bond acceptors (Lipinski definition) is 4. The smallest absolute Gasteiger partial charge is 0.0798 e. The Kier molecular flexibility index (Phi) is 6.20. The molecule has 1 aromatic rings. The largest absolute Gasteiger partial charge is 0.314 e. The molecule has 0 bridgehead atoms. The maximum Gasteiger partial charge on any atom is 0.0798 e. The topological polar surface area (TPSA) is 28.2 Å². The quantitative estimate of drug-likeness (QED) is 0.829. The summed E-state index contributed by atoms with van der Waals surface area (Å²) in [6.07, 6.45) is 6.96. The number of aromatic nitrogens is 1. The summed E-state index contributed by atoms with van der Waals surface area (Å²) in [7, 11) is 2.27. The van der Waals surface area contributed by atoms with Gasteiger partial charge in [0.2, 0.25) is 0 Å². The van der Waals surface area contributed by atoms with Crippen LogP contribution in [0.2, 0.25) is 0 Å². The van der Waals surface area contributed by atoms with E-state index in [0.717, 1.165) is 13.1 Å². The Balaban J connectivity index is 1.95. The minimum absolute atomic E-state index is 0.468. The summed E-state index contributed by atoms with van der Waals surface area (Å²) in [5.74, 6) is 0. The van der Waals surface area contributed by atoms with Gasteiger partial charge < -0.3 is 10.2 Å². The Morgan fingerprint density at radius 2 is 2.05 bits per heavy atom. The number of aryl methyl sites for hydroxylation is 1. The van der Waals surface area contributed by atoms with Gasteiger partial charge in [0.05, 0.1) is 11.2 Å². The van der Waals surface area contributed by atoms with Crippen molar-refractivity contribution in [2.24, 2.45) is 5.41 Å². The van der Waals surface area contributed by atoms with Crippen LogP contribution < -0.4 is 5.32 Å². The van der Waals surface area contributed by atoms with Crippen LogP contribution in [-0.4, -0.2) is 36.1 Å². The molecule has 1 aliphatic carbocycles. The van der Waals surface area contributed by atoms with E-state index in [4.69, 9.17) is 0 Å². The summed E-state index contributed by atoms with van der Waals surface area (Å²) in [5, 5.41) is 3.70. The van der Waals surface area contributed by atoms with Gasteiger partial charge in [-0.15, -0.1) is 11.3 Å². The number of nitrogens with one attached hydrogen (secondary N) is 1. The maximum absolute atomic E-state index is 4.37. The molecule has 0 unspecified atom stereocenters. The summed E-state index contributed by atoms with van der Waals surface area (Å²) in [5.41, 5.74) is 3.63. The molecule has 1 N–H and O–H groups in total. The maximum atomic E-state index is 4.37. The molecule has 120 valence electrons. The lowest BCUT2D eigenvalue weighted by Crippen LogP contribution is -2.45. The molecule has 1 heterocycles. The fraction of sp³-hybridized carbons (Fsp3) is 0.824. The Morgan fingerprint density at radius 1 is 1.33 bits per heavy atom. The molecular formula is C17H31N3S. The van der Waals surface area contributed by atoms with Gasteiger partial charge in [-0.25, -0.2) is 4.98 Å². The summed E-state index contributed by atoms with van der Waals surface area (Å²) >= 11 is 1.79. The van der Waals surface area contributed by atoms with Crippen LogP contribution in [-0.2, 0) is 6.54 Å². The van der Waals surface area contributed by atoms with Gasteiger partial charge in [0.15, 0.2) is 0 Å². The highest BCUT2D eigenvalue weighted by atomic mass is 32.1. The fourth-order valence-corrected chi connectivity index (χ4v) is 4.32. The van der Waals surface area contributed by atoms with Crippen molar-refractivity contribution in [3.8, 4) is 0 Å². The van der Waals surface area contributed by atoms with E-state index in [-0.39, 0.29) is 0 Å². The molecule has 1 saturated carbocycles. The van der Waals surface area contributed by atoms with Crippen LogP contribution in [0.15, 0.2) is 5.51 Å². The van der Waals surface area contributed by atoms with Gasteiger partial charge in [-0.05, 0) is 32.2 Å². The first-order chi connectivity index (χ1) is 10.0. The molecule has 0 spiro atoms. The third kappa shape index (κ3) is 5.04. The summed E-state index contributed by atoms with van der Waals surface area (Å²) in [4.78, 5) is 8.30. The van der Waals surface area contributed by atoms with Crippen LogP contribution in [0.5, 0.6) is 0 Å². The zero-order valence-electron chi connectivity index (χ0n) is 14.1. The molecule has 4 heteroatoms. The van der Waals surface area contributed by atoms with Gasteiger partial charge in [-0.1, -0.05) is 33.1 Å². The molecule has 0 aliphatic heterocycles. The first kappa shape index (κ1) is 16.9. The standard InChI is InChI=1S/C17H31N3S/c1-14(2)18-11-17(8-6-5-7-9-17)12-20(4)10-16-15(3)19-13-21-16/h13-14,18H,5-12H2,1-4H3. The van der Waals surface area contributed by atoms with Gasteiger partial charge in [-0.3, -0.25) is 0 Å². The van der Waals surface area contributed by atoms with E-state index < -0.39 is 0 Å². The normalized spacial score (nSPS) is 18.6. The van der Waals surface area contributed by atoms with E-state index >= 15 is 0 Å². The highest BCUT2D eigenvalue weighted by molar-refractivity contribution is 7.09. The summed E-state index contributed by atoms with van der Waals surface area (Å²) in [6.45, 7) is 10.0. The number of hydrogen-bond donors (Lipinski definition) is 1. The molecule has 3 nitrogen and oxygen atoms in total. The van der Waals surface area contributed by atoms with Crippen LogP contribution in [0.25, 0.3) is 0 Å².